The van der Waals surface area contributed by atoms with Gasteiger partial charge in [-0.1, -0.05) is 18.2 Å². The van der Waals surface area contributed by atoms with Crippen LogP contribution in [-0.4, -0.2) is 41.2 Å². The first-order chi connectivity index (χ1) is 12.6. The molecule has 1 N–H and O–H groups in total. The summed E-state index contributed by atoms with van der Waals surface area (Å²) >= 11 is 0. The minimum absolute atomic E-state index is 0.105. The van der Waals surface area contributed by atoms with E-state index < -0.39 is 6.04 Å². The summed E-state index contributed by atoms with van der Waals surface area (Å²) in [5.41, 5.74) is 1.31. The van der Waals surface area contributed by atoms with Crippen molar-refractivity contribution in [2.45, 2.75) is 25.9 Å². The van der Waals surface area contributed by atoms with Crippen LogP contribution in [0.3, 0.4) is 0 Å². The molecule has 1 atom stereocenters. The Hall–Kier alpha value is -2.83. The molecule has 0 fully saturated rings. The predicted molar refractivity (Wildman–Crippen MR) is 94.0 cm³/mol. The minimum Gasteiger partial charge on any atom is -0.466 e. The molecule has 0 saturated carbocycles. The minimum atomic E-state index is -0.512. The van der Waals surface area contributed by atoms with Gasteiger partial charge in [-0.15, -0.1) is 0 Å². The summed E-state index contributed by atoms with van der Waals surface area (Å²) < 4.78 is 21.3. The van der Waals surface area contributed by atoms with Crippen molar-refractivity contribution < 1.29 is 18.7 Å². The SMILES string of the molecule is CCOC(=O)CCNC(=O)N1CCn2cccc2[C@H]1c1ccccc1F. The molecule has 7 heteroatoms. The topological polar surface area (TPSA) is 63.6 Å². The van der Waals surface area contributed by atoms with E-state index in [2.05, 4.69) is 5.32 Å². The molecule has 2 amide bonds. The standard InChI is InChI=1S/C19H22FN3O3/c1-2-26-17(24)9-10-21-19(25)23-13-12-22-11-5-8-16(22)18(23)14-6-3-4-7-15(14)20/h3-8,11,18H,2,9-10,12-13H2,1H3,(H,21,25)/t18-/m1/s1. The van der Waals surface area contributed by atoms with E-state index in [1.807, 2.05) is 22.9 Å². The number of halogens is 1. The maximum atomic E-state index is 14.4. The lowest BCUT2D eigenvalue weighted by Crippen LogP contribution is -2.47. The Morgan fingerprint density at radius 3 is 2.81 bits per heavy atom. The highest BCUT2D eigenvalue weighted by atomic mass is 19.1. The van der Waals surface area contributed by atoms with Gasteiger partial charge in [0, 0.05) is 37.1 Å². The van der Waals surface area contributed by atoms with E-state index in [1.165, 1.54) is 6.07 Å². The van der Waals surface area contributed by atoms with Crippen LogP contribution >= 0.6 is 0 Å². The van der Waals surface area contributed by atoms with Crippen molar-refractivity contribution >= 4 is 12.0 Å². The summed E-state index contributed by atoms with van der Waals surface area (Å²) in [6.45, 7) is 3.31. The largest absolute Gasteiger partial charge is 0.466 e. The predicted octanol–water partition coefficient (Wildman–Crippen LogP) is 2.70. The number of aromatic nitrogens is 1. The molecule has 1 aliphatic rings. The molecule has 0 spiro atoms. The number of fused-ring (bicyclic) bond motifs is 1. The lowest BCUT2D eigenvalue weighted by Gasteiger charge is -2.37. The monoisotopic (exact) mass is 359 g/mol. The quantitative estimate of drug-likeness (QED) is 0.835. The summed E-state index contributed by atoms with van der Waals surface area (Å²) in [4.78, 5) is 25.7. The Morgan fingerprint density at radius 1 is 1.23 bits per heavy atom. The number of rotatable bonds is 5. The molecule has 0 aliphatic carbocycles. The molecule has 138 valence electrons. The van der Waals surface area contributed by atoms with Gasteiger partial charge >= 0.3 is 12.0 Å². The summed E-state index contributed by atoms with van der Waals surface area (Å²) in [6, 6.07) is 9.44. The molecule has 0 unspecified atom stereocenters. The number of carbonyl (C=O) groups excluding carboxylic acids is 2. The van der Waals surface area contributed by atoms with E-state index in [1.54, 1.807) is 30.0 Å². The van der Waals surface area contributed by atoms with Gasteiger partial charge in [-0.25, -0.2) is 9.18 Å². The van der Waals surface area contributed by atoms with Crippen molar-refractivity contribution in [1.29, 1.82) is 0 Å². The van der Waals surface area contributed by atoms with Gasteiger partial charge in [0.15, 0.2) is 0 Å². The number of urea groups is 1. The van der Waals surface area contributed by atoms with Crippen LogP contribution in [-0.2, 0) is 16.1 Å². The van der Waals surface area contributed by atoms with Crippen molar-refractivity contribution in [3.63, 3.8) is 0 Å². The summed E-state index contributed by atoms with van der Waals surface area (Å²) in [6.07, 6.45) is 2.04. The lowest BCUT2D eigenvalue weighted by atomic mass is 9.99. The highest BCUT2D eigenvalue weighted by Crippen LogP contribution is 2.33. The lowest BCUT2D eigenvalue weighted by molar-refractivity contribution is -0.142. The van der Waals surface area contributed by atoms with Crippen LogP contribution in [0, 0.1) is 5.82 Å². The number of nitrogens with zero attached hydrogens (tertiary/aromatic N) is 2. The molecule has 0 bridgehead atoms. The van der Waals surface area contributed by atoms with Gasteiger partial charge < -0.3 is 19.5 Å². The van der Waals surface area contributed by atoms with Gasteiger partial charge in [0.1, 0.15) is 11.9 Å². The van der Waals surface area contributed by atoms with Gasteiger partial charge in [0.2, 0.25) is 0 Å². The van der Waals surface area contributed by atoms with Crippen LogP contribution in [0.15, 0.2) is 42.6 Å². The third-order valence-electron chi connectivity index (χ3n) is 4.41. The molecule has 2 heterocycles. The van der Waals surface area contributed by atoms with Crippen LogP contribution in [0.4, 0.5) is 9.18 Å². The Morgan fingerprint density at radius 2 is 2.04 bits per heavy atom. The molecule has 1 aromatic heterocycles. The molecule has 3 rings (SSSR count). The third-order valence-corrected chi connectivity index (χ3v) is 4.41. The Kier molecular flexibility index (Phi) is 5.55. The number of ether oxygens (including phenoxy) is 1. The van der Waals surface area contributed by atoms with E-state index in [-0.39, 0.29) is 30.8 Å². The Balaban J connectivity index is 1.78. The molecule has 1 aromatic carbocycles. The molecular weight excluding hydrogens is 337 g/mol. The van der Waals surface area contributed by atoms with E-state index >= 15 is 0 Å². The normalized spacial score (nSPS) is 16.1. The fourth-order valence-electron chi connectivity index (χ4n) is 3.23. The molecule has 0 saturated heterocycles. The molecular formula is C19H22FN3O3. The molecule has 0 radical (unpaired) electrons. The summed E-state index contributed by atoms with van der Waals surface area (Å²) in [7, 11) is 0. The summed E-state index contributed by atoms with van der Waals surface area (Å²) in [5, 5.41) is 2.74. The van der Waals surface area contributed by atoms with E-state index in [9.17, 15) is 14.0 Å². The number of nitrogens with one attached hydrogen (secondary N) is 1. The molecule has 6 nitrogen and oxygen atoms in total. The average Bonchev–Trinajstić information content (AvgIpc) is 3.10. The molecule has 2 aromatic rings. The Labute approximate surface area is 151 Å². The van der Waals surface area contributed by atoms with Crippen LogP contribution in [0.5, 0.6) is 0 Å². The maximum Gasteiger partial charge on any atom is 0.318 e. The van der Waals surface area contributed by atoms with Crippen molar-refractivity contribution in [3.8, 4) is 0 Å². The average molecular weight is 359 g/mol. The fourth-order valence-corrected chi connectivity index (χ4v) is 3.23. The van der Waals surface area contributed by atoms with Crippen molar-refractivity contribution in [2.24, 2.45) is 0 Å². The second-order valence-electron chi connectivity index (χ2n) is 6.03. The van der Waals surface area contributed by atoms with E-state index in [0.717, 1.165) is 5.69 Å². The first-order valence-corrected chi connectivity index (χ1v) is 8.71. The van der Waals surface area contributed by atoms with E-state index in [0.29, 0.717) is 25.3 Å². The zero-order valence-corrected chi connectivity index (χ0v) is 14.7. The maximum absolute atomic E-state index is 14.4. The van der Waals surface area contributed by atoms with Gasteiger partial charge in [0.05, 0.1) is 13.0 Å². The smallest absolute Gasteiger partial charge is 0.318 e. The zero-order valence-electron chi connectivity index (χ0n) is 14.7. The van der Waals surface area contributed by atoms with Crippen LogP contribution in [0.2, 0.25) is 0 Å². The number of benzene rings is 1. The number of esters is 1. The van der Waals surface area contributed by atoms with Crippen LogP contribution in [0.25, 0.3) is 0 Å². The highest BCUT2D eigenvalue weighted by Gasteiger charge is 2.33. The van der Waals surface area contributed by atoms with Gasteiger partial charge in [-0.3, -0.25) is 4.79 Å². The third kappa shape index (κ3) is 3.71. The van der Waals surface area contributed by atoms with Crippen molar-refractivity contribution in [1.82, 2.24) is 14.8 Å². The second kappa shape index (κ2) is 8.03. The van der Waals surface area contributed by atoms with Crippen LogP contribution < -0.4 is 5.32 Å². The zero-order chi connectivity index (χ0) is 18.5. The first kappa shape index (κ1) is 18.0. The second-order valence-corrected chi connectivity index (χ2v) is 6.03. The van der Waals surface area contributed by atoms with Crippen molar-refractivity contribution in [2.75, 3.05) is 19.7 Å². The molecule has 1 aliphatic heterocycles. The van der Waals surface area contributed by atoms with Gasteiger partial charge in [-0.2, -0.15) is 0 Å². The fraction of sp³-hybridized carbons (Fsp3) is 0.368. The number of carbonyl (C=O) groups is 2. The Bertz CT molecular complexity index is 790. The van der Waals surface area contributed by atoms with Gasteiger partial charge in [-0.05, 0) is 25.1 Å². The van der Waals surface area contributed by atoms with Gasteiger partial charge in [0.25, 0.3) is 0 Å². The summed E-state index contributed by atoms with van der Waals surface area (Å²) in [5.74, 6) is -0.706. The number of amides is 2. The highest BCUT2D eigenvalue weighted by molar-refractivity contribution is 5.76. The van der Waals surface area contributed by atoms with Crippen LogP contribution in [0.1, 0.15) is 30.6 Å². The molecule has 26 heavy (non-hydrogen) atoms. The first-order valence-electron chi connectivity index (χ1n) is 8.71. The number of hydrogen-bond donors (Lipinski definition) is 1. The number of hydrogen-bond acceptors (Lipinski definition) is 3. The van der Waals surface area contributed by atoms with Crippen molar-refractivity contribution in [3.05, 3.63) is 59.7 Å². The van der Waals surface area contributed by atoms with E-state index in [4.69, 9.17) is 4.74 Å².